The molecule has 0 bridgehead atoms. The van der Waals surface area contributed by atoms with Crippen LogP contribution in [0.15, 0.2) is 48.5 Å². The van der Waals surface area contributed by atoms with E-state index in [4.69, 9.17) is 5.73 Å². The van der Waals surface area contributed by atoms with Crippen LogP contribution in [0.1, 0.15) is 29.8 Å². The average molecular weight is 394 g/mol. The number of rotatable bonds is 4. The highest BCUT2D eigenvalue weighted by Crippen LogP contribution is 2.16. The third-order valence-electron chi connectivity index (χ3n) is 3.29. The monoisotopic (exact) mass is 394 g/mol. The van der Waals surface area contributed by atoms with Gasteiger partial charge >= 0.3 is 0 Å². The number of nitrogens with two attached hydrogens (primary N) is 1. The van der Waals surface area contributed by atoms with Gasteiger partial charge in [0.2, 0.25) is 0 Å². The Labute approximate surface area is 139 Å². The van der Waals surface area contributed by atoms with Crippen LogP contribution in [0.25, 0.3) is 0 Å². The van der Waals surface area contributed by atoms with E-state index in [9.17, 15) is 4.79 Å². The maximum Gasteiger partial charge on any atom is 0.254 e. The quantitative estimate of drug-likeness (QED) is 0.631. The number of nitrogen functional groups attached to an aromatic ring is 1. The van der Waals surface area contributed by atoms with Crippen LogP contribution in [-0.4, -0.2) is 16.8 Å². The fraction of sp³-hybridized carbons (Fsp3) is 0.235. The lowest BCUT2D eigenvalue weighted by Crippen LogP contribution is -2.36. The SMILES string of the molecule is CC(C)N(Cc1ccc(N)cc1)C(=O)c1cccc(I)c1. The van der Waals surface area contributed by atoms with E-state index in [0.717, 1.165) is 20.4 Å². The van der Waals surface area contributed by atoms with Crippen molar-refractivity contribution in [3.63, 3.8) is 0 Å². The summed E-state index contributed by atoms with van der Waals surface area (Å²) in [4.78, 5) is 14.6. The molecular formula is C17H19IN2O. The molecule has 0 heterocycles. The first-order valence-electron chi connectivity index (χ1n) is 6.88. The fourth-order valence-corrected chi connectivity index (χ4v) is 2.64. The topological polar surface area (TPSA) is 46.3 Å². The molecule has 0 spiro atoms. The molecule has 2 N–H and O–H groups in total. The van der Waals surface area contributed by atoms with E-state index in [0.29, 0.717) is 6.54 Å². The van der Waals surface area contributed by atoms with Crippen molar-refractivity contribution in [2.75, 3.05) is 5.73 Å². The van der Waals surface area contributed by atoms with Crippen LogP contribution in [0.4, 0.5) is 5.69 Å². The van der Waals surface area contributed by atoms with E-state index in [1.165, 1.54) is 0 Å². The predicted molar refractivity (Wildman–Crippen MR) is 95.0 cm³/mol. The van der Waals surface area contributed by atoms with Crippen molar-refractivity contribution < 1.29 is 4.79 Å². The molecule has 2 aromatic carbocycles. The minimum Gasteiger partial charge on any atom is -0.399 e. The van der Waals surface area contributed by atoms with Gasteiger partial charge in [0.05, 0.1) is 0 Å². The largest absolute Gasteiger partial charge is 0.399 e. The van der Waals surface area contributed by atoms with Crippen molar-refractivity contribution in [3.05, 3.63) is 63.2 Å². The molecule has 0 fully saturated rings. The van der Waals surface area contributed by atoms with Crippen molar-refractivity contribution >= 4 is 34.2 Å². The highest BCUT2D eigenvalue weighted by Gasteiger charge is 2.19. The van der Waals surface area contributed by atoms with Gasteiger partial charge in [-0.3, -0.25) is 4.79 Å². The Hall–Kier alpha value is -1.56. The van der Waals surface area contributed by atoms with E-state index < -0.39 is 0 Å². The third-order valence-corrected chi connectivity index (χ3v) is 3.96. The van der Waals surface area contributed by atoms with Gasteiger partial charge in [-0.05, 0) is 72.3 Å². The predicted octanol–water partition coefficient (Wildman–Crippen LogP) is 3.92. The molecule has 0 radical (unpaired) electrons. The van der Waals surface area contributed by atoms with Crippen LogP contribution >= 0.6 is 22.6 Å². The minimum absolute atomic E-state index is 0.0559. The van der Waals surface area contributed by atoms with Gasteiger partial charge in [-0.1, -0.05) is 18.2 Å². The summed E-state index contributed by atoms with van der Waals surface area (Å²) in [6, 6.07) is 15.5. The third kappa shape index (κ3) is 4.20. The van der Waals surface area contributed by atoms with Crippen LogP contribution in [0.5, 0.6) is 0 Å². The van der Waals surface area contributed by atoms with Gasteiger partial charge in [-0.15, -0.1) is 0 Å². The smallest absolute Gasteiger partial charge is 0.254 e. The molecular weight excluding hydrogens is 375 g/mol. The van der Waals surface area contributed by atoms with Crippen molar-refractivity contribution in [1.29, 1.82) is 0 Å². The fourth-order valence-electron chi connectivity index (χ4n) is 2.10. The summed E-state index contributed by atoms with van der Waals surface area (Å²) in [5.41, 5.74) is 8.25. The summed E-state index contributed by atoms with van der Waals surface area (Å²) in [6.07, 6.45) is 0. The number of hydrogen-bond donors (Lipinski definition) is 1. The minimum atomic E-state index is 0.0559. The lowest BCUT2D eigenvalue weighted by molar-refractivity contribution is 0.0690. The molecule has 4 heteroatoms. The Bertz CT molecular complexity index is 623. The highest BCUT2D eigenvalue weighted by molar-refractivity contribution is 14.1. The van der Waals surface area contributed by atoms with Crippen LogP contribution in [-0.2, 0) is 6.54 Å². The standard InChI is InChI=1S/C17H19IN2O/c1-12(2)20(11-13-6-8-16(19)9-7-13)17(21)14-4-3-5-15(18)10-14/h3-10,12H,11,19H2,1-2H3. The second-order valence-corrected chi connectivity index (χ2v) is 6.52. The second kappa shape index (κ2) is 6.93. The molecule has 1 amide bonds. The van der Waals surface area contributed by atoms with E-state index in [2.05, 4.69) is 22.6 Å². The van der Waals surface area contributed by atoms with Gasteiger partial charge in [-0.2, -0.15) is 0 Å². The molecule has 0 aliphatic rings. The maximum atomic E-state index is 12.7. The van der Waals surface area contributed by atoms with Gasteiger partial charge in [0.25, 0.3) is 5.91 Å². The summed E-state index contributed by atoms with van der Waals surface area (Å²) in [5, 5.41) is 0. The molecule has 3 nitrogen and oxygen atoms in total. The van der Waals surface area contributed by atoms with Gasteiger partial charge in [0.1, 0.15) is 0 Å². The zero-order chi connectivity index (χ0) is 15.4. The molecule has 0 saturated carbocycles. The molecule has 2 aromatic rings. The summed E-state index contributed by atoms with van der Waals surface area (Å²) in [7, 11) is 0. The van der Waals surface area contributed by atoms with Crippen molar-refractivity contribution in [3.8, 4) is 0 Å². The van der Waals surface area contributed by atoms with Crippen molar-refractivity contribution in [1.82, 2.24) is 4.90 Å². The van der Waals surface area contributed by atoms with E-state index in [1.54, 1.807) is 0 Å². The second-order valence-electron chi connectivity index (χ2n) is 5.28. The maximum absolute atomic E-state index is 12.7. The van der Waals surface area contributed by atoms with Gasteiger partial charge in [0, 0.05) is 27.4 Å². The summed E-state index contributed by atoms with van der Waals surface area (Å²) in [6.45, 7) is 4.65. The van der Waals surface area contributed by atoms with Gasteiger partial charge in [-0.25, -0.2) is 0 Å². The normalized spacial score (nSPS) is 10.7. The summed E-state index contributed by atoms with van der Waals surface area (Å²) >= 11 is 2.22. The highest BCUT2D eigenvalue weighted by atomic mass is 127. The number of amides is 1. The Balaban J connectivity index is 2.22. The van der Waals surface area contributed by atoms with Crippen molar-refractivity contribution in [2.45, 2.75) is 26.4 Å². The van der Waals surface area contributed by atoms with Crippen LogP contribution in [0.3, 0.4) is 0 Å². The van der Waals surface area contributed by atoms with Gasteiger partial charge < -0.3 is 10.6 Å². The average Bonchev–Trinajstić information content (AvgIpc) is 2.45. The molecule has 21 heavy (non-hydrogen) atoms. The Morgan fingerprint density at radius 1 is 1.19 bits per heavy atom. The van der Waals surface area contributed by atoms with Crippen molar-refractivity contribution in [2.24, 2.45) is 0 Å². The first-order chi connectivity index (χ1) is 9.97. The zero-order valence-electron chi connectivity index (χ0n) is 12.2. The number of benzene rings is 2. The number of nitrogens with zero attached hydrogens (tertiary/aromatic N) is 1. The molecule has 0 unspecified atom stereocenters. The van der Waals surface area contributed by atoms with Gasteiger partial charge in [0.15, 0.2) is 0 Å². The molecule has 0 aliphatic carbocycles. The lowest BCUT2D eigenvalue weighted by Gasteiger charge is -2.27. The number of halogens is 1. The Morgan fingerprint density at radius 2 is 1.86 bits per heavy atom. The molecule has 110 valence electrons. The molecule has 0 saturated heterocycles. The number of carbonyl (C=O) groups is 1. The summed E-state index contributed by atoms with van der Waals surface area (Å²) < 4.78 is 1.06. The summed E-state index contributed by atoms with van der Waals surface area (Å²) in [5.74, 6) is 0.0559. The van der Waals surface area contributed by atoms with E-state index >= 15 is 0 Å². The van der Waals surface area contributed by atoms with Crippen LogP contribution in [0, 0.1) is 3.57 Å². The number of carbonyl (C=O) groups excluding carboxylic acids is 1. The molecule has 0 atom stereocenters. The first-order valence-corrected chi connectivity index (χ1v) is 7.96. The van der Waals surface area contributed by atoms with E-state index in [-0.39, 0.29) is 11.9 Å². The lowest BCUT2D eigenvalue weighted by atomic mass is 10.1. The first kappa shape index (κ1) is 15.8. The molecule has 2 rings (SSSR count). The zero-order valence-corrected chi connectivity index (χ0v) is 14.4. The number of anilines is 1. The molecule has 0 aromatic heterocycles. The van der Waals surface area contributed by atoms with E-state index in [1.807, 2.05) is 67.3 Å². The van der Waals surface area contributed by atoms with Crippen LogP contribution in [0.2, 0.25) is 0 Å². The molecule has 0 aliphatic heterocycles. The number of hydrogen-bond acceptors (Lipinski definition) is 2. The Morgan fingerprint density at radius 3 is 2.43 bits per heavy atom. The Kier molecular flexibility index (Phi) is 5.22. The van der Waals surface area contributed by atoms with Crippen LogP contribution < -0.4 is 5.73 Å².